The topological polar surface area (TPSA) is 68.5 Å². The van der Waals surface area contributed by atoms with E-state index in [9.17, 15) is 4.79 Å². The second-order valence-corrected chi connectivity index (χ2v) is 5.43. The lowest BCUT2D eigenvalue weighted by molar-refractivity contribution is -0.135. The zero-order chi connectivity index (χ0) is 13.5. The first kappa shape index (κ1) is 14.1. The molecule has 2 rings (SSSR count). The molecular formula is C13H19N3O2S. The second kappa shape index (κ2) is 7.35. The third-order valence-corrected chi connectivity index (χ3v) is 4.05. The molecule has 104 valence electrons. The molecule has 1 aromatic heterocycles. The molecule has 0 unspecified atom stereocenters. The number of rotatable bonds is 5. The van der Waals surface area contributed by atoms with E-state index in [-0.39, 0.29) is 5.91 Å². The Morgan fingerprint density at radius 3 is 3.00 bits per heavy atom. The molecule has 0 saturated carbocycles. The number of amides is 1. The van der Waals surface area contributed by atoms with E-state index in [0.29, 0.717) is 25.3 Å². The number of nitrogens with two attached hydrogens (primary N) is 1. The Hall–Kier alpha value is -1.27. The quantitative estimate of drug-likeness (QED) is 0.652. The standard InChI is InChI=1S/C13H19N3O2S/c14-11-3-1-5-15-13(11)19-10-2-4-12(17)16-6-8-18-9-7-16/h1,3,5H,2,4,6-10,14H2. The fraction of sp³-hybridized carbons (Fsp3) is 0.538. The number of thioether (sulfide) groups is 1. The van der Waals surface area contributed by atoms with Crippen LogP contribution in [0.25, 0.3) is 0 Å². The Bertz CT molecular complexity index is 422. The smallest absolute Gasteiger partial charge is 0.222 e. The van der Waals surface area contributed by atoms with Crippen molar-refractivity contribution in [1.82, 2.24) is 9.88 Å². The van der Waals surface area contributed by atoms with Gasteiger partial charge in [0.1, 0.15) is 5.03 Å². The highest BCUT2D eigenvalue weighted by Gasteiger charge is 2.16. The first-order chi connectivity index (χ1) is 9.27. The molecule has 0 spiro atoms. The van der Waals surface area contributed by atoms with Crippen molar-refractivity contribution in [2.75, 3.05) is 37.8 Å². The van der Waals surface area contributed by atoms with Gasteiger partial charge in [0.05, 0.1) is 18.9 Å². The zero-order valence-electron chi connectivity index (χ0n) is 10.9. The normalized spacial score (nSPS) is 15.5. The van der Waals surface area contributed by atoms with Crippen molar-refractivity contribution in [2.45, 2.75) is 17.9 Å². The van der Waals surface area contributed by atoms with Crippen LogP contribution >= 0.6 is 11.8 Å². The summed E-state index contributed by atoms with van der Waals surface area (Å²) in [7, 11) is 0. The van der Waals surface area contributed by atoms with Gasteiger partial charge in [0.15, 0.2) is 0 Å². The van der Waals surface area contributed by atoms with Crippen LogP contribution in [0.1, 0.15) is 12.8 Å². The maximum atomic E-state index is 11.9. The molecule has 0 aliphatic carbocycles. The number of aromatic nitrogens is 1. The molecule has 2 N–H and O–H groups in total. The van der Waals surface area contributed by atoms with E-state index in [1.54, 1.807) is 18.0 Å². The second-order valence-electron chi connectivity index (χ2n) is 4.34. The number of nitrogens with zero attached hydrogens (tertiary/aromatic N) is 2. The van der Waals surface area contributed by atoms with E-state index in [4.69, 9.17) is 10.5 Å². The third-order valence-electron chi connectivity index (χ3n) is 2.94. The van der Waals surface area contributed by atoms with E-state index in [1.807, 2.05) is 17.0 Å². The predicted molar refractivity (Wildman–Crippen MR) is 76.0 cm³/mol. The van der Waals surface area contributed by atoms with Crippen LogP contribution in [0.2, 0.25) is 0 Å². The molecule has 1 aliphatic heterocycles. The number of ether oxygens (including phenoxy) is 1. The van der Waals surface area contributed by atoms with Gasteiger partial charge in [-0.3, -0.25) is 4.79 Å². The van der Waals surface area contributed by atoms with Crippen LogP contribution in [0, 0.1) is 0 Å². The first-order valence-corrected chi connectivity index (χ1v) is 7.45. The molecule has 1 fully saturated rings. The zero-order valence-corrected chi connectivity index (χ0v) is 11.7. The number of anilines is 1. The van der Waals surface area contributed by atoms with Crippen LogP contribution in [0.5, 0.6) is 0 Å². The SMILES string of the molecule is Nc1cccnc1SCCCC(=O)N1CCOCC1. The van der Waals surface area contributed by atoms with Gasteiger partial charge in [0, 0.05) is 31.5 Å². The Kier molecular flexibility index (Phi) is 5.47. The van der Waals surface area contributed by atoms with Crippen LogP contribution in [0.4, 0.5) is 5.69 Å². The van der Waals surface area contributed by atoms with Crippen molar-refractivity contribution < 1.29 is 9.53 Å². The van der Waals surface area contributed by atoms with Gasteiger partial charge in [-0.25, -0.2) is 4.98 Å². The lowest BCUT2D eigenvalue weighted by atomic mass is 10.3. The molecule has 19 heavy (non-hydrogen) atoms. The molecule has 1 saturated heterocycles. The van der Waals surface area contributed by atoms with E-state index >= 15 is 0 Å². The van der Waals surface area contributed by atoms with Crippen molar-refractivity contribution >= 4 is 23.4 Å². The Morgan fingerprint density at radius 1 is 1.47 bits per heavy atom. The molecule has 0 atom stereocenters. The van der Waals surface area contributed by atoms with E-state index in [2.05, 4.69) is 4.98 Å². The van der Waals surface area contributed by atoms with Crippen molar-refractivity contribution in [2.24, 2.45) is 0 Å². The van der Waals surface area contributed by atoms with Crippen LogP contribution in [-0.2, 0) is 9.53 Å². The summed E-state index contributed by atoms with van der Waals surface area (Å²) >= 11 is 1.60. The van der Waals surface area contributed by atoms with Crippen molar-refractivity contribution in [3.05, 3.63) is 18.3 Å². The summed E-state index contributed by atoms with van der Waals surface area (Å²) in [6, 6.07) is 3.66. The first-order valence-electron chi connectivity index (χ1n) is 6.46. The van der Waals surface area contributed by atoms with Crippen molar-refractivity contribution in [3.8, 4) is 0 Å². The number of hydrogen-bond donors (Lipinski definition) is 1. The summed E-state index contributed by atoms with van der Waals surface area (Å²) in [6.07, 6.45) is 3.16. The van der Waals surface area contributed by atoms with E-state index in [1.165, 1.54) is 0 Å². The average Bonchev–Trinajstić information content (AvgIpc) is 2.46. The van der Waals surface area contributed by atoms with Crippen LogP contribution in [0.15, 0.2) is 23.4 Å². The molecule has 1 aliphatic rings. The predicted octanol–water partition coefficient (Wildman–Crippen LogP) is 1.39. The number of carbonyl (C=O) groups is 1. The lowest BCUT2D eigenvalue weighted by Gasteiger charge is -2.26. The Morgan fingerprint density at radius 2 is 2.26 bits per heavy atom. The largest absolute Gasteiger partial charge is 0.397 e. The summed E-state index contributed by atoms with van der Waals surface area (Å²) in [5, 5.41) is 0.848. The molecule has 5 nitrogen and oxygen atoms in total. The highest BCUT2D eigenvalue weighted by Crippen LogP contribution is 2.22. The number of pyridine rings is 1. The monoisotopic (exact) mass is 281 g/mol. The van der Waals surface area contributed by atoms with Crippen molar-refractivity contribution in [3.63, 3.8) is 0 Å². The number of hydrogen-bond acceptors (Lipinski definition) is 5. The molecule has 1 aromatic rings. The van der Waals surface area contributed by atoms with Crippen LogP contribution in [-0.4, -0.2) is 47.8 Å². The lowest BCUT2D eigenvalue weighted by Crippen LogP contribution is -2.40. The van der Waals surface area contributed by atoms with Gasteiger partial charge in [0.25, 0.3) is 0 Å². The molecule has 1 amide bonds. The highest BCUT2D eigenvalue weighted by atomic mass is 32.2. The molecule has 6 heteroatoms. The maximum Gasteiger partial charge on any atom is 0.222 e. The summed E-state index contributed by atoms with van der Waals surface area (Å²) in [5.74, 6) is 1.08. The minimum Gasteiger partial charge on any atom is -0.397 e. The fourth-order valence-corrected chi connectivity index (χ4v) is 2.74. The third kappa shape index (κ3) is 4.40. The molecular weight excluding hydrogens is 262 g/mol. The van der Waals surface area contributed by atoms with Gasteiger partial charge in [-0.15, -0.1) is 11.8 Å². The molecule has 0 aromatic carbocycles. The summed E-state index contributed by atoms with van der Waals surface area (Å²) in [4.78, 5) is 18.0. The fourth-order valence-electron chi connectivity index (χ4n) is 1.89. The van der Waals surface area contributed by atoms with Crippen LogP contribution < -0.4 is 5.73 Å². The van der Waals surface area contributed by atoms with Gasteiger partial charge in [-0.1, -0.05) is 0 Å². The van der Waals surface area contributed by atoms with Gasteiger partial charge in [-0.05, 0) is 18.6 Å². The van der Waals surface area contributed by atoms with Gasteiger partial charge < -0.3 is 15.4 Å². The maximum absolute atomic E-state index is 11.9. The van der Waals surface area contributed by atoms with Gasteiger partial charge in [0.2, 0.25) is 5.91 Å². The highest BCUT2D eigenvalue weighted by molar-refractivity contribution is 7.99. The molecule has 0 bridgehead atoms. The van der Waals surface area contributed by atoms with Gasteiger partial charge in [-0.2, -0.15) is 0 Å². The Labute approximate surface area is 117 Å². The summed E-state index contributed by atoms with van der Waals surface area (Å²) in [6.45, 7) is 2.76. The molecule has 2 heterocycles. The van der Waals surface area contributed by atoms with E-state index < -0.39 is 0 Å². The summed E-state index contributed by atoms with van der Waals surface area (Å²) in [5.41, 5.74) is 6.51. The molecule has 0 radical (unpaired) electrons. The van der Waals surface area contributed by atoms with Crippen LogP contribution in [0.3, 0.4) is 0 Å². The minimum absolute atomic E-state index is 0.220. The minimum atomic E-state index is 0.220. The summed E-state index contributed by atoms with van der Waals surface area (Å²) < 4.78 is 5.23. The van der Waals surface area contributed by atoms with Gasteiger partial charge >= 0.3 is 0 Å². The number of carbonyl (C=O) groups excluding carboxylic acids is 1. The van der Waals surface area contributed by atoms with E-state index in [0.717, 1.165) is 30.3 Å². The number of nitrogen functional groups attached to an aromatic ring is 1. The van der Waals surface area contributed by atoms with Crippen molar-refractivity contribution in [1.29, 1.82) is 0 Å². The number of morpholine rings is 1. The average molecular weight is 281 g/mol. The Balaban J connectivity index is 1.66.